The first-order valence-electron chi connectivity index (χ1n) is 46.3. The number of phosphoric ester groups is 2. The molecular weight excluding hydrogens is 1410 g/mol. The summed E-state index contributed by atoms with van der Waals surface area (Å²) in [5.74, 6) is 1.11. The summed E-state index contributed by atoms with van der Waals surface area (Å²) < 4.78 is 69.0. The summed E-state index contributed by atoms with van der Waals surface area (Å²) in [6, 6.07) is 0. The summed E-state index contributed by atoms with van der Waals surface area (Å²) in [5, 5.41) is 10.7. The van der Waals surface area contributed by atoms with Crippen LogP contribution >= 0.6 is 15.6 Å². The Morgan fingerprint density at radius 3 is 0.651 bits per heavy atom. The lowest BCUT2D eigenvalue weighted by Gasteiger charge is -2.21. The average Bonchev–Trinajstić information content (AvgIpc) is 0.899. The molecule has 109 heavy (non-hydrogen) atoms. The highest BCUT2D eigenvalue weighted by molar-refractivity contribution is 7.47. The lowest BCUT2D eigenvalue weighted by atomic mass is 9.99. The van der Waals surface area contributed by atoms with Gasteiger partial charge in [0.1, 0.15) is 19.3 Å². The molecule has 0 aromatic carbocycles. The number of unbranched alkanes of at least 4 members (excludes halogenated alkanes) is 51. The van der Waals surface area contributed by atoms with Crippen LogP contribution in [0.25, 0.3) is 0 Å². The largest absolute Gasteiger partial charge is 0.472 e. The van der Waals surface area contributed by atoms with E-state index in [0.717, 1.165) is 120 Å². The standard InChI is InChI=1S/C90H176O17P2/c1-9-82(7)68-60-52-44-38-32-26-20-13-11-12-14-21-28-34-40-46-56-64-72-89(94)106-85(76-100-87(92)70-62-54-45-39-33-27-23-17-19-25-31-37-43-51-59-67-81(5)6)78-104-108(96,97)102-74-84(91)75-103-109(98,99)105-79-86(77-101-88(93)71-63-55-49-48-53-61-69-83(8)10-2)107-90(95)73-65-57-47-41-35-29-22-16-15-18-24-30-36-42-50-58-66-80(3)4/h80-86,91H,9-79H2,1-8H3,(H,96,97)(H,98,99)/t82?,83?,84-,85-,86-/m1/s1. The molecule has 0 radical (unpaired) electrons. The molecule has 0 heterocycles. The predicted molar refractivity (Wildman–Crippen MR) is 451 cm³/mol. The van der Waals surface area contributed by atoms with Crippen molar-refractivity contribution in [3.05, 3.63) is 0 Å². The zero-order chi connectivity index (χ0) is 80.2. The molecule has 0 fully saturated rings. The van der Waals surface area contributed by atoms with Gasteiger partial charge in [0.25, 0.3) is 0 Å². The minimum atomic E-state index is -4.97. The van der Waals surface area contributed by atoms with E-state index in [1.165, 1.54) is 270 Å². The zero-order valence-corrected chi connectivity index (χ0v) is 74.0. The minimum Gasteiger partial charge on any atom is -0.462 e. The lowest BCUT2D eigenvalue weighted by molar-refractivity contribution is -0.161. The second kappa shape index (κ2) is 78.6. The highest BCUT2D eigenvalue weighted by atomic mass is 31.2. The van der Waals surface area contributed by atoms with Gasteiger partial charge in [-0.3, -0.25) is 37.3 Å². The third kappa shape index (κ3) is 81.0. The molecule has 0 amide bonds. The Balaban J connectivity index is 5.22. The highest BCUT2D eigenvalue weighted by Crippen LogP contribution is 2.45. The first-order valence-corrected chi connectivity index (χ1v) is 49.3. The average molecular weight is 1590 g/mol. The van der Waals surface area contributed by atoms with Crippen molar-refractivity contribution >= 4 is 39.5 Å². The van der Waals surface area contributed by atoms with E-state index in [1.54, 1.807) is 0 Å². The van der Waals surface area contributed by atoms with Crippen LogP contribution in [-0.2, 0) is 65.4 Å². The van der Waals surface area contributed by atoms with Crippen molar-refractivity contribution in [3.8, 4) is 0 Å². The van der Waals surface area contributed by atoms with Crippen LogP contribution in [0.15, 0.2) is 0 Å². The molecule has 7 atom stereocenters. The smallest absolute Gasteiger partial charge is 0.462 e. The number of aliphatic hydroxyl groups is 1. The summed E-state index contributed by atoms with van der Waals surface area (Å²) >= 11 is 0. The van der Waals surface area contributed by atoms with Gasteiger partial charge in [-0.15, -0.1) is 0 Å². The molecule has 0 aromatic heterocycles. The van der Waals surface area contributed by atoms with E-state index in [2.05, 4.69) is 55.4 Å². The topological polar surface area (TPSA) is 237 Å². The summed E-state index contributed by atoms with van der Waals surface area (Å²) in [6.45, 7) is 14.4. The summed E-state index contributed by atoms with van der Waals surface area (Å²) in [5.41, 5.74) is 0. The number of phosphoric acid groups is 2. The van der Waals surface area contributed by atoms with E-state index in [0.29, 0.717) is 25.7 Å². The molecule has 0 aromatic rings. The monoisotopic (exact) mass is 1590 g/mol. The van der Waals surface area contributed by atoms with Crippen LogP contribution in [0.2, 0.25) is 0 Å². The van der Waals surface area contributed by atoms with Gasteiger partial charge in [0.15, 0.2) is 12.2 Å². The SMILES string of the molecule is CCC(C)CCCCCCCCCCCCCCCCCCCCC(=O)O[C@H](COC(=O)CCCCCCCCCCCCCCCCCC(C)C)COP(=O)(O)OC[C@@H](O)COP(=O)(O)OC[C@@H](COC(=O)CCCCCCCCC(C)CC)OC(=O)CCCCCCCCCCCCCCCCCCC(C)C. The van der Waals surface area contributed by atoms with Gasteiger partial charge in [-0.2, -0.15) is 0 Å². The molecule has 0 aliphatic carbocycles. The maximum atomic E-state index is 13.2. The highest BCUT2D eigenvalue weighted by Gasteiger charge is 2.31. The summed E-state index contributed by atoms with van der Waals surface area (Å²) in [4.78, 5) is 73.4. The van der Waals surface area contributed by atoms with Crippen molar-refractivity contribution in [3.63, 3.8) is 0 Å². The molecule has 648 valence electrons. The van der Waals surface area contributed by atoms with Crippen LogP contribution in [0.5, 0.6) is 0 Å². The van der Waals surface area contributed by atoms with Crippen LogP contribution in [-0.4, -0.2) is 96.7 Å². The molecule has 0 saturated carbocycles. The maximum absolute atomic E-state index is 13.2. The van der Waals surface area contributed by atoms with Crippen LogP contribution in [0.4, 0.5) is 0 Å². The number of hydrogen-bond acceptors (Lipinski definition) is 15. The van der Waals surface area contributed by atoms with E-state index >= 15 is 0 Å². The maximum Gasteiger partial charge on any atom is 0.472 e. The molecule has 0 rings (SSSR count). The molecule has 19 heteroatoms. The van der Waals surface area contributed by atoms with E-state index in [9.17, 15) is 43.2 Å². The second-order valence-corrected chi connectivity index (χ2v) is 36.7. The zero-order valence-electron chi connectivity index (χ0n) is 72.2. The van der Waals surface area contributed by atoms with Gasteiger partial charge in [0.05, 0.1) is 26.4 Å². The molecule has 17 nitrogen and oxygen atoms in total. The Hall–Kier alpha value is -1.94. The Kier molecular flexibility index (Phi) is 77.2. The number of esters is 4. The van der Waals surface area contributed by atoms with E-state index in [-0.39, 0.29) is 25.7 Å². The Bertz CT molecular complexity index is 2110. The van der Waals surface area contributed by atoms with Crippen LogP contribution in [0.3, 0.4) is 0 Å². The first-order chi connectivity index (χ1) is 52.7. The third-order valence-electron chi connectivity index (χ3n) is 21.8. The normalized spacial score (nSPS) is 14.4. The van der Waals surface area contributed by atoms with Gasteiger partial charge in [-0.05, 0) is 49.4 Å². The van der Waals surface area contributed by atoms with Crippen molar-refractivity contribution in [2.75, 3.05) is 39.6 Å². The molecular formula is C90H176O17P2. The fourth-order valence-electron chi connectivity index (χ4n) is 14.0. The van der Waals surface area contributed by atoms with Crippen LogP contribution in [0, 0.1) is 23.7 Å². The summed E-state index contributed by atoms with van der Waals surface area (Å²) in [7, 11) is -9.94. The van der Waals surface area contributed by atoms with Crippen LogP contribution in [0.1, 0.15) is 473 Å². The second-order valence-electron chi connectivity index (χ2n) is 33.8. The molecule has 3 N–H and O–H groups in total. The number of ether oxygens (including phenoxy) is 4. The lowest BCUT2D eigenvalue weighted by Crippen LogP contribution is -2.30. The fourth-order valence-corrected chi connectivity index (χ4v) is 15.5. The van der Waals surface area contributed by atoms with Crippen LogP contribution < -0.4 is 0 Å². The number of carbonyl (C=O) groups excluding carboxylic acids is 4. The van der Waals surface area contributed by atoms with Crippen molar-refractivity contribution in [2.24, 2.45) is 23.7 Å². The van der Waals surface area contributed by atoms with E-state index in [1.807, 2.05) is 0 Å². The van der Waals surface area contributed by atoms with Gasteiger partial charge < -0.3 is 33.8 Å². The predicted octanol–water partition coefficient (Wildman–Crippen LogP) is 27.5. The van der Waals surface area contributed by atoms with E-state index < -0.39 is 97.5 Å². The van der Waals surface area contributed by atoms with Crippen molar-refractivity contribution in [1.82, 2.24) is 0 Å². The molecule has 0 bridgehead atoms. The van der Waals surface area contributed by atoms with Crippen molar-refractivity contribution in [2.45, 2.75) is 491 Å². The Labute approximate surface area is 670 Å². The molecule has 0 aliphatic rings. The summed E-state index contributed by atoms with van der Waals surface area (Å²) in [6.07, 6.45) is 69.5. The van der Waals surface area contributed by atoms with Gasteiger partial charge in [-0.25, -0.2) is 9.13 Å². The van der Waals surface area contributed by atoms with Crippen molar-refractivity contribution < 1.29 is 80.2 Å². The molecule has 0 aliphatic heterocycles. The van der Waals surface area contributed by atoms with Gasteiger partial charge in [0, 0.05) is 25.7 Å². The van der Waals surface area contributed by atoms with E-state index in [4.69, 9.17) is 37.0 Å². The van der Waals surface area contributed by atoms with Gasteiger partial charge in [0.2, 0.25) is 0 Å². The first kappa shape index (κ1) is 107. The molecule has 0 spiro atoms. The fraction of sp³-hybridized carbons (Fsp3) is 0.956. The molecule has 4 unspecified atom stereocenters. The van der Waals surface area contributed by atoms with Crippen molar-refractivity contribution in [1.29, 1.82) is 0 Å². The number of aliphatic hydroxyl groups excluding tert-OH is 1. The number of rotatable bonds is 87. The minimum absolute atomic E-state index is 0.107. The quantitative estimate of drug-likeness (QED) is 0.0222. The number of hydrogen-bond donors (Lipinski definition) is 3. The third-order valence-corrected chi connectivity index (χ3v) is 23.7. The Morgan fingerprint density at radius 2 is 0.440 bits per heavy atom. The van der Waals surface area contributed by atoms with Gasteiger partial charge in [-0.1, -0.05) is 421 Å². The van der Waals surface area contributed by atoms with Gasteiger partial charge >= 0.3 is 39.5 Å². The molecule has 0 saturated heterocycles. The number of carbonyl (C=O) groups is 4. The Morgan fingerprint density at radius 1 is 0.257 bits per heavy atom.